The van der Waals surface area contributed by atoms with Gasteiger partial charge in [0.05, 0.1) is 26.2 Å². The molecule has 0 aliphatic rings. The van der Waals surface area contributed by atoms with E-state index in [0.717, 1.165) is 28.1 Å². The fourth-order valence-corrected chi connectivity index (χ4v) is 4.69. The molecule has 1 N–H and O–H groups in total. The molecule has 204 valence electrons. The Hall–Kier alpha value is -3.27. The highest BCUT2D eigenvalue weighted by Gasteiger charge is 2.32. The summed E-state index contributed by atoms with van der Waals surface area (Å²) in [6, 6.07) is 11.5. The van der Waals surface area contributed by atoms with Gasteiger partial charge in [-0.1, -0.05) is 43.7 Å². The molecule has 2 aromatic carbocycles. The first-order chi connectivity index (χ1) is 17.4. The average Bonchev–Trinajstić information content (AvgIpc) is 2.86. The maximum Gasteiger partial charge on any atom is 0.244 e. The fourth-order valence-electron chi connectivity index (χ4n) is 3.84. The largest absolute Gasteiger partial charge is 0.493 e. The zero-order valence-corrected chi connectivity index (χ0v) is 23.6. The van der Waals surface area contributed by atoms with Crippen molar-refractivity contribution in [3.63, 3.8) is 0 Å². The number of methoxy groups -OCH3 is 2. The number of carbonyl (C=O) groups excluding carboxylic acids is 2. The Balaban J connectivity index is 2.48. The summed E-state index contributed by atoms with van der Waals surface area (Å²) in [7, 11) is -0.929. The minimum absolute atomic E-state index is 0.0582. The van der Waals surface area contributed by atoms with Crippen molar-refractivity contribution in [2.75, 3.05) is 31.3 Å². The fraction of sp³-hybridized carbons (Fsp3) is 0.481. The normalized spacial score (nSPS) is 12.8. The number of amides is 2. The van der Waals surface area contributed by atoms with Crippen LogP contribution in [0.3, 0.4) is 0 Å². The summed E-state index contributed by atoms with van der Waals surface area (Å²) in [6.45, 7) is 7.35. The van der Waals surface area contributed by atoms with Crippen LogP contribution in [-0.2, 0) is 26.2 Å². The first-order valence-corrected chi connectivity index (χ1v) is 14.1. The van der Waals surface area contributed by atoms with E-state index in [1.54, 1.807) is 12.1 Å². The van der Waals surface area contributed by atoms with Crippen molar-refractivity contribution in [1.29, 1.82) is 0 Å². The van der Waals surface area contributed by atoms with Crippen LogP contribution >= 0.6 is 0 Å². The molecule has 0 saturated heterocycles. The van der Waals surface area contributed by atoms with Crippen LogP contribution in [0.4, 0.5) is 5.69 Å². The number of carbonyl (C=O) groups is 2. The van der Waals surface area contributed by atoms with Crippen molar-refractivity contribution in [3.05, 3.63) is 53.6 Å². The first kappa shape index (κ1) is 30.0. The van der Waals surface area contributed by atoms with Gasteiger partial charge in [0.25, 0.3) is 0 Å². The van der Waals surface area contributed by atoms with Crippen LogP contribution in [0, 0.1) is 6.92 Å². The van der Waals surface area contributed by atoms with Gasteiger partial charge in [0.15, 0.2) is 11.5 Å². The van der Waals surface area contributed by atoms with E-state index < -0.39 is 28.5 Å². The molecule has 2 rings (SSSR count). The van der Waals surface area contributed by atoms with Crippen LogP contribution < -0.4 is 19.1 Å². The van der Waals surface area contributed by atoms with Gasteiger partial charge in [-0.3, -0.25) is 13.9 Å². The molecule has 0 radical (unpaired) electrons. The summed E-state index contributed by atoms with van der Waals surface area (Å²) in [4.78, 5) is 28.4. The molecule has 0 fully saturated rings. The van der Waals surface area contributed by atoms with Crippen LogP contribution in [0.1, 0.15) is 44.7 Å². The van der Waals surface area contributed by atoms with Gasteiger partial charge in [0.1, 0.15) is 12.6 Å². The summed E-state index contributed by atoms with van der Waals surface area (Å²) in [5, 5.41) is 2.96. The number of nitrogens with zero attached hydrogens (tertiary/aromatic N) is 2. The number of ether oxygens (including phenoxy) is 2. The number of hydrogen-bond donors (Lipinski definition) is 1. The molecule has 9 nitrogen and oxygen atoms in total. The Labute approximate surface area is 220 Å². The molecule has 0 unspecified atom stereocenters. The van der Waals surface area contributed by atoms with E-state index in [4.69, 9.17) is 9.47 Å². The predicted octanol–water partition coefficient (Wildman–Crippen LogP) is 3.50. The number of aryl methyl sites for hydroxylation is 1. The van der Waals surface area contributed by atoms with E-state index in [0.29, 0.717) is 17.9 Å². The zero-order valence-electron chi connectivity index (χ0n) is 22.8. The van der Waals surface area contributed by atoms with Gasteiger partial charge in [0, 0.05) is 18.7 Å². The minimum Gasteiger partial charge on any atom is -0.493 e. The smallest absolute Gasteiger partial charge is 0.244 e. The van der Waals surface area contributed by atoms with Gasteiger partial charge >= 0.3 is 0 Å². The van der Waals surface area contributed by atoms with Crippen LogP contribution in [0.2, 0.25) is 0 Å². The number of anilines is 1. The van der Waals surface area contributed by atoms with Crippen LogP contribution in [-0.4, -0.2) is 64.2 Å². The molecule has 0 aliphatic carbocycles. The topological polar surface area (TPSA) is 105 Å². The van der Waals surface area contributed by atoms with Crippen molar-refractivity contribution >= 4 is 27.5 Å². The van der Waals surface area contributed by atoms with E-state index in [1.807, 2.05) is 52.0 Å². The SMILES string of the molecule is CC[C@H](C)NC(=O)[C@H](CC)N(Cc1ccc(C)cc1)C(=O)CN(c1ccc(OC)c(OC)c1)S(C)(=O)=O. The second-order valence-corrected chi connectivity index (χ2v) is 11.0. The second kappa shape index (κ2) is 13.3. The molecule has 2 atom stereocenters. The molecule has 2 aromatic rings. The van der Waals surface area contributed by atoms with Gasteiger partial charge in [-0.05, 0) is 44.4 Å². The van der Waals surface area contributed by atoms with Gasteiger partial charge in [-0.15, -0.1) is 0 Å². The lowest BCUT2D eigenvalue weighted by Gasteiger charge is -2.33. The van der Waals surface area contributed by atoms with Gasteiger partial charge < -0.3 is 19.7 Å². The summed E-state index contributed by atoms with van der Waals surface area (Å²) in [5.74, 6) is -0.00182. The van der Waals surface area contributed by atoms with Crippen LogP contribution in [0.15, 0.2) is 42.5 Å². The summed E-state index contributed by atoms with van der Waals surface area (Å²) in [5.41, 5.74) is 2.16. The van der Waals surface area contributed by atoms with Gasteiger partial charge in [0.2, 0.25) is 21.8 Å². The number of sulfonamides is 1. The van der Waals surface area contributed by atoms with Crippen molar-refractivity contribution in [2.45, 2.75) is 59.2 Å². The molecule has 0 saturated carbocycles. The number of nitrogens with one attached hydrogen (secondary N) is 1. The lowest BCUT2D eigenvalue weighted by Crippen LogP contribution is -2.53. The van der Waals surface area contributed by atoms with E-state index >= 15 is 0 Å². The van der Waals surface area contributed by atoms with Gasteiger partial charge in [-0.25, -0.2) is 8.42 Å². The Morgan fingerprint density at radius 2 is 1.59 bits per heavy atom. The Morgan fingerprint density at radius 3 is 2.11 bits per heavy atom. The predicted molar refractivity (Wildman–Crippen MR) is 145 cm³/mol. The highest BCUT2D eigenvalue weighted by Crippen LogP contribution is 2.32. The maximum atomic E-state index is 13.8. The highest BCUT2D eigenvalue weighted by molar-refractivity contribution is 7.92. The molecule has 2 amide bonds. The second-order valence-electron chi connectivity index (χ2n) is 9.06. The number of hydrogen-bond acceptors (Lipinski definition) is 6. The molecule has 0 spiro atoms. The average molecular weight is 534 g/mol. The number of rotatable bonds is 13. The Bertz CT molecular complexity index is 1170. The molecule has 0 heterocycles. The third kappa shape index (κ3) is 8.11. The lowest BCUT2D eigenvalue weighted by molar-refractivity contribution is -0.140. The van der Waals surface area contributed by atoms with Crippen LogP contribution in [0.25, 0.3) is 0 Å². The Morgan fingerprint density at radius 1 is 0.973 bits per heavy atom. The highest BCUT2D eigenvalue weighted by atomic mass is 32.2. The minimum atomic E-state index is -3.86. The standard InChI is InChI=1S/C27H39N3O6S/c1-8-20(4)28-27(32)23(9-2)29(17-21-12-10-19(3)11-13-21)26(31)18-30(37(7,33)34)22-14-15-24(35-5)25(16-22)36-6/h10-16,20,23H,8-9,17-18H2,1-7H3,(H,28,32)/t20-,23-/m0/s1. The zero-order chi connectivity index (χ0) is 27.8. The van der Waals surface area contributed by atoms with Gasteiger partial charge in [-0.2, -0.15) is 0 Å². The first-order valence-electron chi connectivity index (χ1n) is 12.3. The van der Waals surface area contributed by atoms with E-state index in [1.165, 1.54) is 25.2 Å². The van der Waals surface area contributed by atoms with Crippen molar-refractivity contribution < 1.29 is 27.5 Å². The molecular weight excluding hydrogens is 494 g/mol. The summed E-state index contributed by atoms with van der Waals surface area (Å²) in [6.07, 6.45) is 2.15. The molecule has 0 aromatic heterocycles. The molecule has 37 heavy (non-hydrogen) atoms. The molecular formula is C27H39N3O6S. The van der Waals surface area contributed by atoms with Crippen molar-refractivity contribution in [1.82, 2.24) is 10.2 Å². The molecule has 0 aliphatic heterocycles. The maximum absolute atomic E-state index is 13.8. The monoisotopic (exact) mass is 533 g/mol. The van der Waals surface area contributed by atoms with Crippen molar-refractivity contribution in [3.8, 4) is 11.5 Å². The Kier molecular flexibility index (Phi) is 10.8. The third-order valence-electron chi connectivity index (χ3n) is 6.19. The summed E-state index contributed by atoms with van der Waals surface area (Å²) >= 11 is 0. The summed E-state index contributed by atoms with van der Waals surface area (Å²) < 4.78 is 37.2. The quantitative estimate of drug-likeness (QED) is 0.423. The third-order valence-corrected chi connectivity index (χ3v) is 7.34. The molecule has 10 heteroatoms. The van der Waals surface area contributed by atoms with E-state index in [9.17, 15) is 18.0 Å². The van der Waals surface area contributed by atoms with E-state index in [-0.39, 0.29) is 24.2 Å². The van der Waals surface area contributed by atoms with E-state index in [2.05, 4.69) is 5.32 Å². The number of benzene rings is 2. The van der Waals surface area contributed by atoms with Crippen molar-refractivity contribution in [2.24, 2.45) is 0 Å². The lowest BCUT2D eigenvalue weighted by atomic mass is 10.1. The molecule has 0 bridgehead atoms. The van der Waals surface area contributed by atoms with Crippen LogP contribution in [0.5, 0.6) is 11.5 Å².